The Hall–Kier alpha value is -1.14. The number of aliphatic hydroxyl groups is 1. The van der Waals surface area contributed by atoms with Gasteiger partial charge in [-0.1, -0.05) is 0 Å². The number of hydrogen-bond donors (Lipinski definition) is 2. The number of carbonyl (C=O) groups excluding carboxylic acids is 2. The number of nitrogens with one attached hydrogen (secondary N) is 1. The Morgan fingerprint density at radius 2 is 2.35 bits per heavy atom. The topological polar surface area (TPSA) is 78.9 Å². The van der Waals surface area contributed by atoms with E-state index in [1.54, 1.807) is 6.92 Å². The van der Waals surface area contributed by atoms with E-state index in [1.807, 2.05) is 4.90 Å². The van der Waals surface area contributed by atoms with Crippen molar-refractivity contribution in [3.63, 3.8) is 0 Å². The van der Waals surface area contributed by atoms with Crippen LogP contribution < -0.4 is 5.32 Å². The molecule has 1 aliphatic heterocycles. The van der Waals surface area contributed by atoms with Gasteiger partial charge in [0.2, 0.25) is 5.91 Å². The molecule has 0 aromatic rings. The molecular weight excluding hydrogens is 224 g/mol. The largest absolute Gasteiger partial charge is 0.466 e. The Morgan fingerprint density at radius 1 is 1.59 bits per heavy atom. The third kappa shape index (κ3) is 5.65. The predicted octanol–water partition coefficient (Wildman–Crippen LogP) is -0.878. The summed E-state index contributed by atoms with van der Waals surface area (Å²) in [6, 6.07) is 0. The van der Waals surface area contributed by atoms with Crippen LogP contribution in [0.1, 0.15) is 19.8 Å². The number of ether oxygens (including phenoxy) is 1. The molecule has 1 aliphatic rings. The van der Waals surface area contributed by atoms with E-state index < -0.39 is 6.10 Å². The Labute approximate surface area is 101 Å². The van der Waals surface area contributed by atoms with Gasteiger partial charge in [-0.2, -0.15) is 0 Å². The van der Waals surface area contributed by atoms with Crippen LogP contribution in [-0.4, -0.2) is 60.8 Å². The predicted molar refractivity (Wildman–Crippen MR) is 61.3 cm³/mol. The molecule has 0 radical (unpaired) electrons. The van der Waals surface area contributed by atoms with Crippen LogP contribution >= 0.6 is 0 Å². The molecule has 1 atom stereocenters. The van der Waals surface area contributed by atoms with E-state index >= 15 is 0 Å². The van der Waals surface area contributed by atoms with E-state index in [0.29, 0.717) is 39.2 Å². The first-order valence-electron chi connectivity index (χ1n) is 5.94. The zero-order valence-corrected chi connectivity index (χ0v) is 10.1. The summed E-state index contributed by atoms with van der Waals surface area (Å²) in [6.07, 6.45) is -0.292. The maximum Gasteiger partial charge on any atom is 0.308 e. The molecular formula is C11H20N2O4. The Kier molecular flexibility index (Phi) is 5.93. The minimum atomic E-state index is -0.734. The van der Waals surface area contributed by atoms with E-state index in [9.17, 15) is 14.7 Å². The molecule has 1 unspecified atom stereocenters. The molecule has 2 N–H and O–H groups in total. The lowest BCUT2D eigenvalue weighted by Crippen LogP contribution is -2.36. The third-order valence-corrected chi connectivity index (χ3v) is 2.58. The van der Waals surface area contributed by atoms with Crippen molar-refractivity contribution in [2.45, 2.75) is 25.9 Å². The van der Waals surface area contributed by atoms with Gasteiger partial charge in [0.15, 0.2) is 0 Å². The summed E-state index contributed by atoms with van der Waals surface area (Å²) < 4.78 is 4.76. The number of esters is 1. The van der Waals surface area contributed by atoms with Gasteiger partial charge in [0.25, 0.3) is 0 Å². The summed E-state index contributed by atoms with van der Waals surface area (Å²) in [6.45, 7) is 4.36. The molecule has 17 heavy (non-hydrogen) atoms. The highest BCUT2D eigenvalue weighted by molar-refractivity contribution is 5.76. The van der Waals surface area contributed by atoms with Gasteiger partial charge < -0.3 is 15.2 Å². The normalized spacial score (nSPS) is 19.3. The lowest BCUT2D eigenvalue weighted by atomic mass is 10.2. The molecule has 0 spiro atoms. The Morgan fingerprint density at radius 3 is 3.06 bits per heavy atom. The second kappa shape index (κ2) is 7.24. The molecule has 0 aromatic heterocycles. The summed E-state index contributed by atoms with van der Waals surface area (Å²) in [5.41, 5.74) is 0. The van der Waals surface area contributed by atoms with E-state index in [0.717, 1.165) is 0 Å². The smallest absolute Gasteiger partial charge is 0.308 e. The average molecular weight is 244 g/mol. The van der Waals surface area contributed by atoms with E-state index in [2.05, 4.69) is 5.32 Å². The molecule has 1 saturated heterocycles. The van der Waals surface area contributed by atoms with Crippen LogP contribution in [0.15, 0.2) is 0 Å². The summed E-state index contributed by atoms with van der Waals surface area (Å²) in [5, 5.41) is 12.5. The molecule has 0 bridgehead atoms. The summed E-state index contributed by atoms with van der Waals surface area (Å²) in [4.78, 5) is 24.2. The van der Waals surface area contributed by atoms with Gasteiger partial charge in [-0.3, -0.25) is 14.5 Å². The second-order valence-electron chi connectivity index (χ2n) is 4.06. The highest BCUT2D eigenvalue weighted by atomic mass is 16.5. The summed E-state index contributed by atoms with van der Waals surface area (Å²) >= 11 is 0. The van der Waals surface area contributed by atoms with Crippen LogP contribution in [0.4, 0.5) is 0 Å². The molecule has 1 rings (SSSR count). The van der Waals surface area contributed by atoms with Gasteiger partial charge in [-0.15, -0.1) is 0 Å². The van der Waals surface area contributed by atoms with Crippen molar-refractivity contribution in [2.75, 3.05) is 32.8 Å². The minimum absolute atomic E-state index is 0.00567. The number of aliphatic hydroxyl groups excluding tert-OH is 1. The van der Waals surface area contributed by atoms with Crippen molar-refractivity contribution in [1.82, 2.24) is 10.2 Å². The molecule has 1 heterocycles. The highest BCUT2D eigenvalue weighted by Crippen LogP contribution is 2.02. The SMILES string of the molecule is CCOC(=O)CC(O)CN1CCNC(=O)CC1. The van der Waals surface area contributed by atoms with E-state index in [1.165, 1.54) is 0 Å². The van der Waals surface area contributed by atoms with Gasteiger partial charge >= 0.3 is 5.97 Å². The van der Waals surface area contributed by atoms with Crippen molar-refractivity contribution in [3.05, 3.63) is 0 Å². The maximum atomic E-state index is 11.1. The number of carbonyl (C=O) groups is 2. The van der Waals surface area contributed by atoms with Gasteiger partial charge in [0.1, 0.15) is 0 Å². The standard InChI is InChI=1S/C11H20N2O4/c1-2-17-11(16)7-9(14)8-13-5-3-10(15)12-4-6-13/h9,14H,2-8H2,1H3,(H,12,15). The van der Waals surface area contributed by atoms with Crippen molar-refractivity contribution in [1.29, 1.82) is 0 Å². The van der Waals surface area contributed by atoms with Gasteiger partial charge in [0.05, 0.1) is 19.1 Å². The quantitative estimate of drug-likeness (QED) is 0.614. The minimum Gasteiger partial charge on any atom is -0.466 e. The van der Waals surface area contributed by atoms with Crippen LogP contribution in [0.3, 0.4) is 0 Å². The molecule has 0 saturated carbocycles. The van der Waals surface area contributed by atoms with E-state index in [4.69, 9.17) is 4.74 Å². The van der Waals surface area contributed by atoms with Crippen molar-refractivity contribution >= 4 is 11.9 Å². The van der Waals surface area contributed by atoms with Crippen LogP contribution in [-0.2, 0) is 14.3 Å². The molecule has 0 aliphatic carbocycles. The molecule has 6 heteroatoms. The average Bonchev–Trinajstić information content (AvgIpc) is 2.44. The van der Waals surface area contributed by atoms with Crippen molar-refractivity contribution < 1.29 is 19.4 Å². The Balaban J connectivity index is 2.27. The lowest BCUT2D eigenvalue weighted by molar-refractivity contribution is -0.145. The fraction of sp³-hybridized carbons (Fsp3) is 0.818. The van der Waals surface area contributed by atoms with Crippen molar-refractivity contribution in [2.24, 2.45) is 0 Å². The highest BCUT2D eigenvalue weighted by Gasteiger charge is 2.18. The zero-order valence-electron chi connectivity index (χ0n) is 10.1. The van der Waals surface area contributed by atoms with Gasteiger partial charge in [0, 0.05) is 32.6 Å². The Bertz CT molecular complexity index is 270. The number of hydrogen-bond acceptors (Lipinski definition) is 5. The fourth-order valence-electron chi connectivity index (χ4n) is 1.77. The molecule has 6 nitrogen and oxygen atoms in total. The molecule has 0 aromatic carbocycles. The second-order valence-corrected chi connectivity index (χ2v) is 4.06. The number of β-amino-alcohol motifs (C(OH)–C–C–N with tert-alkyl or cyclic N) is 1. The first-order chi connectivity index (χ1) is 8.11. The number of amides is 1. The first kappa shape index (κ1) is 13.9. The van der Waals surface area contributed by atoms with Crippen LogP contribution in [0.25, 0.3) is 0 Å². The molecule has 98 valence electrons. The van der Waals surface area contributed by atoms with Crippen LogP contribution in [0.5, 0.6) is 0 Å². The number of rotatable bonds is 5. The molecule has 1 amide bonds. The molecule has 1 fully saturated rings. The lowest BCUT2D eigenvalue weighted by Gasteiger charge is -2.21. The van der Waals surface area contributed by atoms with Crippen LogP contribution in [0, 0.1) is 0 Å². The fourth-order valence-corrected chi connectivity index (χ4v) is 1.77. The monoisotopic (exact) mass is 244 g/mol. The van der Waals surface area contributed by atoms with E-state index in [-0.39, 0.29) is 18.3 Å². The maximum absolute atomic E-state index is 11.1. The third-order valence-electron chi connectivity index (χ3n) is 2.58. The summed E-state index contributed by atoms with van der Waals surface area (Å²) in [7, 11) is 0. The number of nitrogens with zero attached hydrogens (tertiary/aromatic N) is 1. The zero-order chi connectivity index (χ0) is 12.7. The summed E-state index contributed by atoms with van der Waals surface area (Å²) in [5.74, 6) is -0.351. The van der Waals surface area contributed by atoms with Crippen LogP contribution in [0.2, 0.25) is 0 Å². The first-order valence-corrected chi connectivity index (χ1v) is 5.94. The van der Waals surface area contributed by atoms with Gasteiger partial charge in [-0.05, 0) is 6.92 Å². The van der Waals surface area contributed by atoms with Gasteiger partial charge in [-0.25, -0.2) is 0 Å². The van der Waals surface area contributed by atoms with Crippen molar-refractivity contribution in [3.8, 4) is 0 Å².